The second-order valence-corrected chi connectivity index (χ2v) is 3.35. The lowest BCUT2D eigenvalue weighted by Crippen LogP contribution is -3.00. The largest absolute Gasteiger partial charge is 1.00 e. The molecule has 0 aromatic heterocycles. The zero-order chi connectivity index (χ0) is 8.20. The molecule has 0 bridgehead atoms. The van der Waals surface area contributed by atoms with E-state index >= 15 is 0 Å². The maximum absolute atomic E-state index is 10.3. The van der Waals surface area contributed by atoms with Crippen LogP contribution in [0, 0.1) is 0 Å². The lowest BCUT2D eigenvalue weighted by atomic mass is 10.5. The lowest BCUT2D eigenvalue weighted by Gasteiger charge is -2.23. The van der Waals surface area contributed by atoms with Gasteiger partial charge in [-0.2, -0.15) is 0 Å². The van der Waals surface area contributed by atoms with Crippen LogP contribution in [0.2, 0.25) is 0 Å². The van der Waals surface area contributed by atoms with E-state index in [0.29, 0.717) is 6.61 Å². The van der Waals surface area contributed by atoms with Crippen LogP contribution in [-0.4, -0.2) is 50.2 Å². The summed E-state index contributed by atoms with van der Waals surface area (Å²) in [7, 11) is 6.18. The van der Waals surface area contributed by atoms with Gasteiger partial charge in [0.05, 0.1) is 21.1 Å². The topological polar surface area (TPSA) is 57.8 Å². The molecule has 0 heterocycles. The van der Waals surface area contributed by atoms with Gasteiger partial charge in [0.25, 0.3) is 0 Å². The van der Waals surface area contributed by atoms with Gasteiger partial charge in [-0.3, -0.25) is 4.79 Å². The van der Waals surface area contributed by atoms with Gasteiger partial charge in [0.15, 0.2) is 0 Å². The van der Waals surface area contributed by atoms with Gasteiger partial charge in [0.1, 0.15) is 13.2 Å². The van der Waals surface area contributed by atoms with Crippen molar-refractivity contribution in [2.75, 3.05) is 34.3 Å². The minimum Gasteiger partial charge on any atom is -1.00 e. The first-order chi connectivity index (χ1) is 4.42. The van der Waals surface area contributed by atoms with Crippen LogP contribution in [0.1, 0.15) is 6.92 Å². The summed E-state index contributed by atoms with van der Waals surface area (Å²) in [6.45, 7) is 2.80. The van der Waals surface area contributed by atoms with Crippen molar-refractivity contribution in [2.24, 2.45) is 0 Å². The Morgan fingerprint density at radius 2 is 1.75 bits per heavy atom. The van der Waals surface area contributed by atoms with Crippen LogP contribution >= 0.6 is 0 Å². The molecule has 12 heavy (non-hydrogen) atoms. The number of hydrogen-bond donors (Lipinski definition) is 0. The molecule has 0 rings (SSSR count). The molecule has 0 saturated carbocycles. The summed E-state index contributed by atoms with van der Waals surface area (Å²) in [6, 6.07) is 0. The van der Waals surface area contributed by atoms with E-state index in [4.69, 9.17) is 4.74 Å². The molecule has 0 atom stereocenters. The van der Waals surface area contributed by atoms with Gasteiger partial charge < -0.3 is 27.1 Å². The summed E-state index contributed by atoms with van der Waals surface area (Å²) in [4.78, 5) is 10.3. The van der Waals surface area contributed by atoms with Gasteiger partial charge in [0, 0.05) is 6.92 Å². The molecule has 0 aliphatic rings. The van der Waals surface area contributed by atoms with Crippen molar-refractivity contribution >= 4 is 5.97 Å². The van der Waals surface area contributed by atoms with Crippen molar-refractivity contribution in [2.45, 2.75) is 6.92 Å². The standard InChI is InChI=1S/C7H16NO2.ClH.H2O/c1-7(9)10-6-5-8(2,3)4;;/h5-6H2,1-4H3;1H;1H2/q+1;;/p-1. The van der Waals surface area contributed by atoms with Gasteiger partial charge >= 0.3 is 5.97 Å². The Kier molecular flexibility index (Phi) is 10.8. The Morgan fingerprint density at radius 1 is 1.33 bits per heavy atom. The van der Waals surface area contributed by atoms with E-state index in [2.05, 4.69) is 21.1 Å². The van der Waals surface area contributed by atoms with Crippen LogP contribution in [0.3, 0.4) is 0 Å². The fraction of sp³-hybridized carbons (Fsp3) is 0.857. The lowest BCUT2D eigenvalue weighted by molar-refractivity contribution is -0.870. The van der Waals surface area contributed by atoms with E-state index in [0.717, 1.165) is 11.0 Å². The van der Waals surface area contributed by atoms with Crippen molar-refractivity contribution in [1.82, 2.24) is 0 Å². The fourth-order valence-corrected chi connectivity index (χ4v) is 0.463. The van der Waals surface area contributed by atoms with Crippen molar-refractivity contribution in [3.63, 3.8) is 0 Å². The summed E-state index contributed by atoms with van der Waals surface area (Å²) in [5, 5.41) is 0. The molecule has 0 aliphatic heterocycles. The van der Waals surface area contributed by atoms with Crippen LogP contribution in [0.4, 0.5) is 0 Å². The minimum atomic E-state index is -0.201. The molecule has 0 unspecified atom stereocenters. The van der Waals surface area contributed by atoms with Crippen LogP contribution in [0.5, 0.6) is 0 Å². The number of esters is 1. The summed E-state index contributed by atoms with van der Waals surface area (Å²) in [5.41, 5.74) is 0. The smallest absolute Gasteiger partial charge is 0.302 e. The number of carbonyl (C=O) groups is 1. The molecule has 0 spiro atoms. The highest BCUT2D eigenvalue weighted by Crippen LogP contribution is 1.88. The van der Waals surface area contributed by atoms with Crippen LogP contribution < -0.4 is 12.4 Å². The Bertz CT molecular complexity index is 122. The monoisotopic (exact) mass is 199 g/mol. The predicted molar refractivity (Wildman–Crippen MR) is 43.1 cm³/mol. The summed E-state index contributed by atoms with van der Waals surface area (Å²) >= 11 is 0. The van der Waals surface area contributed by atoms with Crippen LogP contribution in [0.25, 0.3) is 0 Å². The fourth-order valence-electron chi connectivity index (χ4n) is 0.463. The molecule has 5 heteroatoms. The first-order valence-corrected chi connectivity index (χ1v) is 3.35. The molecule has 0 fully saturated rings. The van der Waals surface area contributed by atoms with Gasteiger partial charge in [-0.1, -0.05) is 0 Å². The number of carbonyl (C=O) groups excluding carboxylic acids is 1. The highest BCUT2D eigenvalue weighted by Gasteiger charge is 2.06. The molecular formula is C7H18ClNO3. The van der Waals surface area contributed by atoms with E-state index in [1.807, 2.05) is 0 Å². The molecule has 0 aromatic rings. The van der Waals surface area contributed by atoms with E-state index in [1.54, 1.807) is 0 Å². The average molecular weight is 200 g/mol. The van der Waals surface area contributed by atoms with Gasteiger partial charge in [-0.25, -0.2) is 0 Å². The number of halogens is 1. The zero-order valence-corrected chi connectivity index (χ0v) is 8.81. The number of quaternary nitrogens is 1. The maximum Gasteiger partial charge on any atom is 0.302 e. The van der Waals surface area contributed by atoms with E-state index < -0.39 is 0 Å². The third kappa shape index (κ3) is 16.3. The first-order valence-electron chi connectivity index (χ1n) is 3.35. The summed E-state index contributed by atoms with van der Waals surface area (Å²) in [5.74, 6) is -0.201. The Morgan fingerprint density at radius 3 is 2.00 bits per heavy atom. The third-order valence-corrected chi connectivity index (χ3v) is 1.07. The highest BCUT2D eigenvalue weighted by atomic mass is 35.5. The molecule has 4 nitrogen and oxygen atoms in total. The maximum atomic E-state index is 10.3. The van der Waals surface area contributed by atoms with E-state index in [9.17, 15) is 4.79 Å². The molecule has 0 radical (unpaired) electrons. The molecule has 0 aromatic carbocycles. The van der Waals surface area contributed by atoms with Crippen molar-refractivity contribution in [1.29, 1.82) is 0 Å². The number of hydrogen-bond acceptors (Lipinski definition) is 2. The molecule has 2 N–H and O–H groups in total. The molecular weight excluding hydrogens is 182 g/mol. The molecule has 0 saturated heterocycles. The third-order valence-electron chi connectivity index (χ3n) is 1.07. The van der Waals surface area contributed by atoms with Crippen LogP contribution in [-0.2, 0) is 9.53 Å². The number of likely N-dealkylation sites (N-methyl/N-ethyl adjacent to an activating group) is 1. The van der Waals surface area contributed by atoms with Gasteiger partial charge in [-0.15, -0.1) is 0 Å². The van der Waals surface area contributed by atoms with E-state index in [-0.39, 0.29) is 23.9 Å². The molecule has 76 valence electrons. The average Bonchev–Trinajstić information content (AvgIpc) is 1.59. The van der Waals surface area contributed by atoms with Crippen molar-refractivity contribution < 1.29 is 31.9 Å². The second-order valence-electron chi connectivity index (χ2n) is 3.35. The van der Waals surface area contributed by atoms with E-state index in [1.165, 1.54) is 6.92 Å². The Hall–Kier alpha value is -0.320. The number of nitrogens with zero attached hydrogens (tertiary/aromatic N) is 1. The SMILES string of the molecule is CC(=O)OCC[N+](C)(C)C.O.[Cl-]. The van der Waals surface area contributed by atoms with Crippen LogP contribution in [0.15, 0.2) is 0 Å². The molecule has 0 amide bonds. The number of ether oxygens (including phenoxy) is 1. The Balaban J connectivity index is -0.000000405. The minimum absolute atomic E-state index is 0. The Labute approximate surface area is 79.8 Å². The highest BCUT2D eigenvalue weighted by molar-refractivity contribution is 5.65. The van der Waals surface area contributed by atoms with Gasteiger partial charge in [-0.05, 0) is 0 Å². The predicted octanol–water partition coefficient (Wildman–Crippen LogP) is -3.56. The quantitative estimate of drug-likeness (QED) is 0.349. The second kappa shape index (κ2) is 7.34. The van der Waals surface area contributed by atoms with Gasteiger partial charge in [0.2, 0.25) is 0 Å². The first kappa shape index (κ1) is 17.7. The van der Waals surface area contributed by atoms with Crippen molar-refractivity contribution in [3.8, 4) is 0 Å². The summed E-state index contributed by atoms with van der Waals surface area (Å²) < 4.78 is 5.59. The van der Waals surface area contributed by atoms with Crippen molar-refractivity contribution in [3.05, 3.63) is 0 Å². The zero-order valence-electron chi connectivity index (χ0n) is 8.06. The number of rotatable bonds is 3. The summed E-state index contributed by atoms with van der Waals surface area (Å²) in [6.07, 6.45) is 0. The molecule has 0 aliphatic carbocycles. The normalized spacial score (nSPS) is 9.33.